The van der Waals surface area contributed by atoms with Gasteiger partial charge in [-0.1, -0.05) is 6.07 Å². The molecule has 2 saturated heterocycles. The van der Waals surface area contributed by atoms with Crippen LogP contribution >= 0.6 is 0 Å². The standard InChI is InChI=1S/C26H26FN5O4/c1-15-28-20-3-2-16(10-23(20)36-15)13-30-6-8-31(9-7-30)22-11-17-14-32(26(35)18(17)12-19(22)27)21-4-5-24(33)29-25(21)34/h2-3,10-12,21H,4-9,13-14H2,1H3,(H,29,33,34). The molecule has 3 aliphatic heterocycles. The summed E-state index contributed by atoms with van der Waals surface area (Å²) in [6, 6.07) is 8.37. The summed E-state index contributed by atoms with van der Waals surface area (Å²) in [5.41, 5.74) is 4.25. The fourth-order valence-electron chi connectivity index (χ4n) is 5.41. The van der Waals surface area contributed by atoms with Crippen molar-refractivity contribution >= 4 is 34.5 Å². The van der Waals surface area contributed by atoms with Crippen LogP contribution in [0.15, 0.2) is 34.7 Å². The number of piperazine rings is 1. The number of aryl methyl sites for hydroxylation is 1. The minimum absolute atomic E-state index is 0.187. The first-order valence-corrected chi connectivity index (χ1v) is 12.2. The van der Waals surface area contributed by atoms with Crippen molar-refractivity contribution in [1.29, 1.82) is 0 Å². The summed E-state index contributed by atoms with van der Waals surface area (Å²) in [5, 5.41) is 2.29. The van der Waals surface area contributed by atoms with Crippen molar-refractivity contribution in [2.75, 3.05) is 31.1 Å². The Morgan fingerprint density at radius 3 is 2.69 bits per heavy atom. The van der Waals surface area contributed by atoms with Crippen LogP contribution in [0, 0.1) is 12.7 Å². The molecule has 2 fully saturated rings. The van der Waals surface area contributed by atoms with Gasteiger partial charge in [0.05, 0.1) is 5.69 Å². The molecule has 3 aromatic rings. The number of aromatic nitrogens is 1. The number of amides is 3. The first kappa shape index (κ1) is 22.7. The average Bonchev–Trinajstić information content (AvgIpc) is 3.37. The number of fused-ring (bicyclic) bond motifs is 2. The Morgan fingerprint density at radius 2 is 1.92 bits per heavy atom. The summed E-state index contributed by atoms with van der Waals surface area (Å²) in [7, 11) is 0. The maximum atomic E-state index is 15.1. The van der Waals surface area contributed by atoms with E-state index in [0.717, 1.165) is 36.3 Å². The number of nitrogens with one attached hydrogen (secondary N) is 1. The molecule has 2 aromatic carbocycles. The summed E-state index contributed by atoms with van der Waals surface area (Å²) in [6.45, 7) is 5.69. The van der Waals surface area contributed by atoms with Gasteiger partial charge < -0.3 is 14.2 Å². The third kappa shape index (κ3) is 4.01. The molecule has 186 valence electrons. The lowest BCUT2D eigenvalue weighted by atomic mass is 10.0. The molecular weight excluding hydrogens is 465 g/mol. The zero-order valence-electron chi connectivity index (χ0n) is 19.9. The van der Waals surface area contributed by atoms with Crippen LogP contribution in [0.2, 0.25) is 0 Å². The first-order chi connectivity index (χ1) is 17.4. The molecule has 3 amide bonds. The van der Waals surface area contributed by atoms with Gasteiger partial charge in [0, 0.05) is 58.2 Å². The number of hydrogen-bond donors (Lipinski definition) is 1. The molecule has 6 rings (SSSR count). The smallest absolute Gasteiger partial charge is 0.255 e. The quantitative estimate of drug-likeness (QED) is 0.560. The van der Waals surface area contributed by atoms with Gasteiger partial charge in [-0.25, -0.2) is 9.37 Å². The Balaban J connectivity index is 1.13. The van der Waals surface area contributed by atoms with Crippen molar-refractivity contribution in [2.24, 2.45) is 0 Å². The monoisotopic (exact) mass is 491 g/mol. The van der Waals surface area contributed by atoms with Gasteiger partial charge in [0.25, 0.3) is 5.91 Å². The molecule has 1 aromatic heterocycles. The Labute approximate surface area is 206 Å². The summed E-state index contributed by atoms with van der Waals surface area (Å²) in [6.07, 6.45) is 0.469. The number of rotatable bonds is 4. The van der Waals surface area contributed by atoms with E-state index in [0.29, 0.717) is 30.2 Å². The second kappa shape index (κ2) is 8.70. The van der Waals surface area contributed by atoms with Gasteiger partial charge in [0.15, 0.2) is 11.5 Å². The minimum atomic E-state index is -0.710. The lowest BCUT2D eigenvalue weighted by Gasteiger charge is -2.36. The molecule has 1 unspecified atom stereocenters. The number of nitrogens with zero attached hydrogens (tertiary/aromatic N) is 4. The van der Waals surface area contributed by atoms with E-state index in [2.05, 4.69) is 21.3 Å². The number of oxazole rings is 1. The second-order valence-corrected chi connectivity index (χ2v) is 9.66. The first-order valence-electron chi connectivity index (χ1n) is 12.2. The van der Waals surface area contributed by atoms with Gasteiger partial charge in [-0.15, -0.1) is 0 Å². The van der Waals surface area contributed by atoms with E-state index in [4.69, 9.17) is 4.42 Å². The number of halogens is 1. The largest absolute Gasteiger partial charge is 0.441 e. The third-order valence-corrected chi connectivity index (χ3v) is 7.27. The Morgan fingerprint density at radius 1 is 1.11 bits per heavy atom. The SMILES string of the molecule is Cc1nc2ccc(CN3CCN(c4cc5c(cc4F)C(=O)N(C4CCC(=O)NC4=O)C5)CC3)cc2o1. The molecule has 0 aliphatic carbocycles. The molecule has 0 spiro atoms. The number of hydrogen-bond acceptors (Lipinski definition) is 7. The van der Waals surface area contributed by atoms with Gasteiger partial charge in [-0.2, -0.15) is 0 Å². The van der Waals surface area contributed by atoms with E-state index >= 15 is 4.39 Å². The fraction of sp³-hybridized carbons (Fsp3) is 0.385. The molecule has 9 nitrogen and oxygen atoms in total. The highest BCUT2D eigenvalue weighted by Crippen LogP contribution is 2.33. The van der Waals surface area contributed by atoms with Gasteiger partial charge in [0.2, 0.25) is 11.8 Å². The highest BCUT2D eigenvalue weighted by Gasteiger charge is 2.40. The normalized spacial score (nSPS) is 20.8. The van der Waals surface area contributed by atoms with E-state index in [-0.39, 0.29) is 36.8 Å². The molecule has 36 heavy (non-hydrogen) atoms. The number of carbonyl (C=O) groups is 3. The van der Waals surface area contributed by atoms with E-state index in [1.54, 1.807) is 6.07 Å². The molecule has 1 atom stereocenters. The highest BCUT2D eigenvalue weighted by atomic mass is 19.1. The molecule has 10 heteroatoms. The van der Waals surface area contributed by atoms with E-state index in [1.807, 2.05) is 24.0 Å². The zero-order valence-corrected chi connectivity index (χ0v) is 19.9. The molecule has 0 saturated carbocycles. The number of imide groups is 1. The van der Waals surface area contributed by atoms with E-state index in [1.165, 1.54) is 11.0 Å². The van der Waals surface area contributed by atoms with Crippen LogP contribution in [-0.2, 0) is 22.7 Å². The molecule has 0 radical (unpaired) electrons. The van der Waals surface area contributed by atoms with Crippen LogP contribution in [0.1, 0.15) is 40.2 Å². The summed E-state index contributed by atoms with van der Waals surface area (Å²) in [4.78, 5) is 46.8. The van der Waals surface area contributed by atoms with Crippen LogP contribution in [0.4, 0.5) is 10.1 Å². The Hall–Kier alpha value is -3.79. The maximum Gasteiger partial charge on any atom is 0.255 e. The van der Waals surface area contributed by atoms with E-state index < -0.39 is 17.8 Å². The van der Waals surface area contributed by atoms with Crippen molar-refractivity contribution in [3.8, 4) is 0 Å². The predicted octanol–water partition coefficient (Wildman–Crippen LogP) is 2.36. The lowest BCUT2D eigenvalue weighted by Crippen LogP contribution is -2.52. The summed E-state index contributed by atoms with van der Waals surface area (Å²) >= 11 is 0. The molecular formula is C26H26FN5O4. The van der Waals surface area contributed by atoms with Gasteiger partial charge in [-0.3, -0.25) is 24.6 Å². The lowest BCUT2D eigenvalue weighted by molar-refractivity contribution is -0.136. The topological polar surface area (TPSA) is 99.0 Å². The maximum absolute atomic E-state index is 15.1. The van der Waals surface area contributed by atoms with Crippen molar-refractivity contribution in [3.05, 3.63) is 58.7 Å². The van der Waals surface area contributed by atoms with Crippen LogP contribution in [0.3, 0.4) is 0 Å². The molecule has 0 bridgehead atoms. The Bertz CT molecular complexity index is 1390. The second-order valence-electron chi connectivity index (χ2n) is 9.66. The third-order valence-electron chi connectivity index (χ3n) is 7.27. The Kier molecular flexibility index (Phi) is 5.48. The number of carbonyl (C=O) groups excluding carboxylic acids is 3. The number of anilines is 1. The fourth-order valence-corrected chi connectivity index (χ4v) is 5.41. The summed E-state index contributed by atoms with van der Waals surface area (Å²) < 4.78 is 20.8. The van der Waals surface area contributed by atoms with Crippen molar-refractivity contribution < 1.29 is 23.2 Å². The average molecular weight is 492 g/mol. The number of benzene rings is 2. The minimum Gasteiger partial charge on any atom is -0.441 e. The van der Waals surface area contributed by atoms with Crippen molar-refractivity contribution in [2.45, 2.75) is 38.9 Å². The predicted molar refractivity (Wildman–Crippen MR) is 129 cm³/mol. The van der Waals surface area contributed by atoms with Crippen LogP contribution in [0.5, 0.6) is 0 Å². The van der Waals surface area contributed by atoms with Crippen LogP contribution < -0.4 is 10.2 Å². The van der Waals surface area contributed by atoms with Gasteiger partial charge in [0.1, 0.15) is 17.4 Å². The van der Waals surface area contributed by atoms with Gasteiger partial charge in [-0.05, 0) is 41.8 Å². The van der Waals surface area contributed by atoms with Crippen molar-refractivity contribution in [1.82, 2.24) is 20.1 Å². The summed E-state index contributed by atoms with van der Waals surface area (Å²) in [5.74, 6) is -0.960. The van der Waals surface area contributed by atoms with Crippen molar-refractivity contribution in [3.63, 3.8) is 0 Å². The zero-order chi connectivity index (χ0) is 25.0. The molecule has 3 aliphatic rings. The molecule has 4 heterocycles. The number of piperidine rings is 1. The molecule has 1 N–H and O–H groups in total. The van der Waals surface area contributed by atoms with E-state index in [9.17, 15) is 14.4 Å². The van der Waals surface area contributed by atoms with Gasteiger partial charge >= 0.3 is 0 Å². The van der Waals surface area contributed by atoms with Crippen LogP contribution in [0.25, 0.3) is 11.1 Å². The van der Waals surface area contributed by atoms with Crippen LogP contribution in [-0.4, -0.2) is 64.7 Å². The highest BCUT2D eigenvalue weighted by molar-refractivity contribution is 6.05.